The molecule has 1 aromatic carbocycles. The Labute approximate surface area is 148 Å². The summed E-state index contributed by atoms with van der Waals surface area (Å²) in [6.45, 7) is 5.44. The van der Waals surface area contributed by atoms with Crippen LogP contribution < -0.4 is 9.47 Å². The average molecular weight is 354 g/mol. The molecule has 1 aliphatic heterocycles. The van der Waals surface area contributed by atoms with Crippen LogP contribution in [0, 0.1) is 0 Å². The van der Waals surface area contributed by atoms with Crippen molar-refractivity contribution in [1.82, 2.24) is 4.90 Å². The molecule has 0 saturated heterocycles. The average Bonchev–Trinajstić information content (AvgIpc) is 3.05. The minimum atomic E-state index is -0.0328. The minimum absolute atomic E-state index is 0.0328. The predicted octanol–water partition coefficient (Wildman–Crippen LogP) is 3.75. The number of hydrogen-bond donors (Lipinski definition) is 0. The third-order valence-electron chi connectivity index (χ3n) is 4.07. The third kappa shape index (κ3) is 4.42. The lowest BCUT2D eigenvalue weighted by Gasteiger charge is -2.29. The van der Waals surface area contributed by atoms with Crippen LogP contribution in [0.5, 0.6) is 11.5 Å². The second kappa shape index (κ2) is 8.94. The zero-order valence-corrected chi connectivity index (χ0v) is 15.1. The van der Waals surface area contributed by atoms with Crippen molar-refractivity contribution < 1.29 is 19.0 Å². The molecule has 132 valence electrons. The van der Waals surface area contributed by atoms with Crippen molar-refractivity contribution in [2.24, 2.45) is 0 Å². The second-order valence-corrected chi connectivity index (χ2v) is 5.97. The fraction of sp³-hybridized carbons (Fsp3) is 0.500. The summed E-state index contributed by atoms with van der Waals surface area (Å²) in [6.07, 6.45) is 5.14. The molecule has 0 fully saturated rings. The van der Waals surface area contributed by atoms with Gasteiger partial charge in [0.1, 0.15) is 0 Å². The van der Waals surface area contributed by atoms with Gasteiger partial charge in [-0.2, -0.15) is 0 Å². The Morgan fingerprint density at radius 2 is 2.12 bits per heavy atom. The first kappa shape index (κ1) is 18.6. The Balaban J connectivity index is 2.13. The lowest BCUT2D eigenvalue weighted by Crippen LogP contribution is -2.40. The van der Waals surface area contributed by atoms with Crippen molar-refractivity contribution in [3.05, 3.63) is 28.8 Å². The molecule has 6 heteroatoms. The summed E-state index contributed by atoms with van der Waals surface area (Å²) in [5, 5.41) is 0.480. The van der Waals surface area contributed by atoms with E-state index in [2.05, 4.69) is 13.8 Å². The number of rotatable bonds is 8. The molecule has 2 rings (SSSR count). The van der Waals surface area contributed by atoms with E-state index in [1.807, 2.05) is 11.0 Å². The van der Waals surface area contributed by atoms with Gasteiger partial charge in [-0.25, -0.2) is 0 Å². The summed E-state index contributed by atoms with van der Waals surface area (Å²) in [5.74, 6) is 1.12. The molecule has 0 radical (unpaired) electrons. The minimum Gasteiger partial charge on any atom is -0.454 e. The van der Waals surface area contributed by atoms with Crippen molar-refractivity contribution >= 4 is 23.6 Å². The van der Waals surface area contributed by atoms with Crippen molar-refractivity contribution in [1.29, 1.82) is 0 Å². The van der Waals surface area contributed by atoms with Crippen molar-refractivity contribution in [3.63, 3.8) is 0 Å². The summed E-state index contributed by atoms with van der Waals surface area (Å²) in [4.78, 5) is 14.5. The number of hydrogen-bond acceptors (Lipinski definition) is 4. The molecule has 0 spiro atoms. The molecular formula is C18H24ClNO4. The Morgan fingerprint density at radius 1 is 1.38 bits per heavy atom. The molecule has 1 aliphatic rings. The van der Waals surface area contributed by atoms with Crippen LogP contribution in [0.15, 0.2) is 18.2 Å². The number of carbonyl (C=O) groups excluding carboxylic acids is 1. The highest BCUT2D eigenvalue weighted by Crippen LogP contribution is 2.40. The van der Waals surface area contributed by atoms with Gasteiger partial charge in [-0.1, -0.05) is 25.4 Å². The molecule has 24 heavy (non-hydrogen) atoms. The van der Waals surface area contributed by atoms with Crippen LogP contribution >= 0.6 is 11.6 Å². The quantitative estimate of drug-likeness (QED) is 0.668. The predicted molar refractivity (Wildman–Crippen MR) is 94.6 cm³/mol. The van der Waals surface area contributed by atoms with Gasteiger partial charge in [0.25, 0.3) is 0 Å². The van der Waals surface area contributed by atoms with Crippen LogP contribution in [-0.2, 0) is 9.53 Å². The number of nitrogens with zero attached hydrogens (tertiary/aromatic N) is 1. The van der Waals surface area contributed by atoms with Crippen LogP contribution in [0.1, 0.15) is 32.3 Å². The molecule has 0 N–H and O–H groups in total. The number of carbonyl (C=O) groups is 1. The van der Waals surface area contributed by atoms with Crippen LogP contribution in [-0.4, -0.2) is 43.9 Å². The van der Waals surface area contributed by atoms with Crippen molar-refractivity contribution in [2.75, 3.05) is 27.1 Å². The number of methoxy groups -OCH3 is 1. The first-order chi connectivity index (χ1) is 11.6. The first-order valence-corrected chi connectivity index (χ1v) is 8.55. The fourth-order valence-corrected chi connectivity index (χ4v) is 3.01. The van der Waals surface area contributed by atoms with Gasteiger partial charge in [-0.15, -0.1) is 0 Å². The van der Waals surface area contributed by atoms with Crippen molar-refractivity contribution in [3.8, 4) is 11.5 Å². The highest BCUT2D eigenvalue weighted by atomic mass is 35.5. The SMILES string of the molecule is CCC(CC)N(CCOC)C(=O)/C=C/c1cc(Cl)c2c(c1)OCO2. The van der Waals surface area contributed by atoms with Gasteiger partial charge in [0.15, 0.2) is 11.5 Å². The lowest BCUT2D eigenvalue weighted by atomic mass is 10.1. The van der Waals surface area contributed by atoms with Crippen LogP contribution in [0.25, 0.3) is 6.08 Å². The molecule has 1 aromatic rings. The largest absolute Gasteiger partial charge is 0.454 e. The van der Waals surface area contributed by atoms with E-state index in [9.17, 15) is 4.79 Å². The highest BCUT2D eigenvalue weighted by Gasteiger charge is 2.20. The zero-order valence-electron chi connectivity index (χ0n) is 14.4. The fourth-order valence-electron chi connectivity index (χ4n) is 2.74. The molecule has 5 nitrogen and oxygen atoms in total. The van der Waals surface area contributed by atoms with E-state index in [4.69, 9.17) is 25.8 Å². The topological polar surface area (TPSA) is 48.0 Å². The van der Waals surface area contributed by atoms with E-state index in [1.165, 1.54) is 0 Å². The standard InChI is InChI=1S/C18H24ClNO4/c1-4-14(5-2)20(8-9-22-3)17(21)7-6-13-10-15(19)18-16(11-13)23-12-24-18/h6-7,10-11,14H,4-5,8-9,12H2,1-3H3/b7-6+. The van der Waals surface area contributed by atoms with Crippen molar-refractivity contribution in [2.45, 2.75) is 32.7 Å². The van der Waals surface area contributed by atoms with Gasteiger partial charge in [0, 0.05) is 25.8 Å². The smallest absolute Gasteiger partial charge is 0.246 e. The van der Waals surface area contributed by atoms with E-state index < -0.39 is 0 Å². The molecule has 0 aliphatic carbocycles. The van der Waals surface area contributed by atoms with Gasteiger partial charge in [0.2, 0.25) is 12.7 Å². The maximum absolute atomic E-state index is 12.6. The van der Waals surface area contributed by atoms with Gasteiger partial charge >= 0.3 is 0 Å². The van der Waals surface area contributed by atoms with E-state index >= 15 is 0 Å². The summed E-state index contributed by atoms with van der Waals surface area (Å²) in [7, 11) is 1.64. The number of ether oxygens (including phenoxy) is 3. The molecule has 0 aromatic heterocycles. The van der Waals surface area contributed by atoms with E-state index in [-0.39, 0.29) is 18.7 Å². The maximum Gasteiger partial charge on any atom is 0.246 e. The van der Waals surface area contributed by atoms with Gasteiger partial charge in [-0.3, -0.25) is 4.79 Å². The van der Waals surface area contributed by atoms with Crippen LogP contribution in [0.3, 0.4) is 0 Å². The summed E-state index contributed by atoms with van der Waals surface area (Å²) >= 11 is 6.17. The van der Waals surface area contributed by atoms with E-state index in [0.29, 0.717) is 29.7 Å². The number of benzene rings is 1. The van der Waals surface area contributed by atoms with Crippen LogP contribution in [0.2, 0.25) is 5.02 Å². The van der Waals surface area contributed by atoms with Gasteiger partial charge < -0.3 is 19.1 Å². The third-order valence-corrected chi connectivity index (χ3v) is 4.35. The van der Waals surface area contributed by atoms with Gasteiger partial charge in [-0.05, 0) is 36.6 Å². The highest BCUT2D eigenvalue weighted by molar-refractivity contribution is 6.32. The Bertz CT molecular complexity index is 599. The molecular weight excluding hydrogens is 330 g/mol. The summed E-state index contributed by atoms with van der Waals surface area (Å²) in [6, 6.07) is 3.78. The number of amides is 1. The Morgan fingerprint density at radius 3 is 2.79 bits per heavy atom. The molecule has 1 amide bonds. The number of fused-ring (bicyclic) bond motifs is 1. The molecule has 0 bridgehead atoms. The molecule has 1 heterocycles. The Kier molecular flexibility index (Phi) is 6.94. The Hall–Kier alpha value is -1.72. The first-order valence-electron chi connectivity index (χ1n) is 8.17. The monoisotopic (exact) mass is 353 g/mol. The van der Waals surface area contributed by atoms with E-state index in [0.717, 1.165) is 18.4 Å². The normalized spacial score (nSPS) is 13.0. The van der Waals surface area contributed by atoms with Crippen LogP contribution in [0.4, 0.5) is 0 Å². The number of halogens is 1. The lowest BCUT2D eigenvalue weighted by molar-refractivity contribution is -0.129. The summed E-state index contributed by atoms with van der Waals surface area (Å²) in [5.41, 5.74) is 0.800. The molecule has 0 saturated carbocycles. The second-order valence-electron chi connectivity index (χ2n) is 5.56. The molecule has 0 unspecified atom stereocenters. The molecule has 0 atom stereocenters. The van der Waals surface area contributed by atoms with E-state index in [1.54, 1.807) is 25.3 Å². The zero-order chi connectivity index (χ0) is 17.5. The maximum atomic E-state index is 12.6. The summed E-state index contributed by atoms with van der Waals surface area (Å²) < 4.78 is 15.8. The van der Waals surface area contributed by atoms with Gasteiger partial charge in [0.05, 0.1) is 11.6 Å².